The summed E-state index contributed by atoms with van der Waals surface area (Å²) in [5, 5.41) is 0. The fraction of sp³-hybridized carbons (Fsp3) is 0.478. The maximum Gasteiger partial charge on any atom is 0.248 e. The third kappa shape index (κ3) is 5.55. The minimum Gasteiger partial charge on any atom is -0.491 e. The highest BCUT2D eigenvalue weighted by molar-refractivity contribution is 5.78. The summed E-state index contributed by atoms with van der Waals surface area (Å²) >= 11 is 0. The van der Waals surface area contributed by atoms with Crippen LogP contribution in [0.4, 0.5) is 4.39 Å². The van der Waals surface area contributed by atoms with E-state index in [1.807, 2.05) is 23.2 Å². The Kier molecular flexibility index (Phi) is 6.92. The van der Waals surface area contributed by atoms with Crippen LogP contribution in [0.1, 0.15) is 18.5 Å². The molecule has 0 N–H and O–H groups in total. The van der Waals surface area contributed by atoms with Gasteiger partial charge < -0.3 is 19.3 Å². The average Bonchev–Trinajstić information content (AvgIpc) is 2.79. The van der Waals surface area contributed by atoms with Crippen LogP contribution < -0.4 is 4.74 Å². The first-order valence-electron chi connectivity index (χ1n) is 10.6. The molecule has 0 aliphatic carbocycles. The van der Waals surface area contributed by atoms with E-state index >= 15 is 0 Å². The molecule has 160 valence electrons. The van der Waals surface area contributed by atoms with Crippen molar-refractivity contribution < 1.29 is 18.7 Å². The van der Waals surface area contributed by atoms with Gasteiger partial charge >= 0.3 is 0 Å². The van der Waals surface area contributed by atoms with E-state index in [1.54, 1.807) is 12.1 Å². The summed E-state index contributed by atoms with van der Waals surface area (Å²) in [6, 6.07) is 12.2. The predicted molar refractivity (Wildman–Crippen MR) is 111 cm³/mol. The number of rotatable bonds is 7. The Morgan fingerprint density at radius 3 is 2.67 bits per heavy atom. The molecule has 2 aromatic rings. The Hall–Kier alpha value is -2.51. The van der Waals surface area contributed by atoms with Crippen molar-refractivity contribution >= 4 is 5.91 Å². The molecular weight excluding hydrogens is 385 g/mol. The largest absolute Gasteiger partial charge is 0.491 e. The molecule has 6 nitrogen and oxygen atoms in total. The van der Waals surface area contributed by atoms with E-state index in [0.29, 0.717) is 18.9 Å². The molecule has 1 aromatic carbocycles. The van der Waals surface area contributed by atoms with Gasteiger partial charge in [0, 0.05) is 44.0 Å². The summed E-state index contributed by atoms with van der Waals surface area (Å²) < 4.78 is 24.4. The first-order valence-corrected chi connectivity index (χ1v) is 10.6. The van der Waals surface area contributed by atoms with Gasteiger partial charge in [-0.3, -0.25) is 9.78 Å². The van der Waals surface area contributed by atoms with E-state index in [0.717, 1.165) is 44.6 Å². The van der Waals surface area contributed by atoms with Crippen molar-refractivity contribution in [3.63, 3.8) is 0 Å². The molecule has 1 atom stereocenters. The van der Waals surface area contributed by atoms with Gasteiger partial charge in [0.15, 0.2) is 0 Å². The Morgan fingerprint density at radius 2 is 1.93 bits per heavy atom. The number of carbonyl (C=O) groups excluding carboxylic acids is 1. The second-order valence-corrected chi connectivity index (χ2v) is 7.89. The maximum absolute atomic E-state index is 13.0. The topological polar surface area (TPSA) is 54.9 Å². The molecule has 0 unspecified atom stereocenters. The summed E-state index contributed by atoms with van der Waals surface area (Å²) in [6.45, 7) is 3.95. The molecule has 1 amide bonds. The minimum absolute atomic E-state index is 0.0555. The number of amides is 1. The van der Waals surface area contributed by atoms with Gasteiger partial charge in [0.25, 0.3) is 0 Å². The summed E-state index contributed by atoms with van der Waals surface area (Å²) in [5.74, 6) is 0.365. The number of ether oxygens (including phenoxy) is 2. The zero-order valence-corrected chi connectivity index (χ0v) is 17.1. The van der Waals surface area contributed by atoms with Gasteiger partial charge in [0.05, 0.1) is 6.54 Å². The second-order valence-electron chi connectivity index (χ2n) is 7.89. The van der Waals surface area contributed by atoms with Crippen molar-refractivity contribution in [2.45, 2.75) is 31.4 Å². The van der Waals surface area contributed by atoms with Crippen molar-refractivity contribution in [1.29, 1.82) is 0 Å². The normalized spacial score (nSPS) is 21.0. The molecule has 0 radical (unpaired) electrons. The van der Waals surface area contributed by atoms with E-state index in [-0.39, 0.29) is 30.5 Å². The number of aromatic nitrogens is 1. The van der Waals surface area contributed by atoms with Gasteiger partial charge in [-0.2, -0.15) is 0 Å². The molecule has 0 bridgehead atoms. The zero-order valence-electron chi connectivity index (χ0n) is 17.1. The number of halogens is 1. The Labute approximate surface area is 176 Å². The van der Waals surface area contributed by atoms with Gasteiger partial charge in [-0.05, 0) is 49.2 Å². The lowest BCUT2D eigenvalue weighted by Gasteiger charge is -2.42. The smallest absolute Gasteiger partial charge is 0.248 e. The lowest BCUT2D eigenvalue weighted by molar-refractivity contribution is -0.155. The van der Waals surface area contributed by atoms with Crippen LogP contribution in [0.15, 0.2) is 48.7 Å². The van der Waals surface area contributed by atoms with E-state index in [4.69, 9.17) is 9.47 Å². The molecule has 1 aromatic heterocycles. The Bertz CT molecular complexity index is 810. The lowest BCUT2D eigenvalue weighted by Crippen LogP contribution is -2.55. The Morgan fingerprint density at radius 1 is 1.13 bits per heavy atom. The van der Waals surface area contributed by atoms with Crippen molar-refractivity contribution in [3.05, 3.63) is 60.2 Å². The van der Waals surface area contributed by atoms with Crippen LogP contribution in [0, 0.1) is 5.82 Å². The number of hydrogen-bond acceptors (Lipinski definition) is 5. The fourth-order valence-electron chi connectivity index (χ4n) is 4.09. The number of piperidine rings is 1. The monoisotopic (exact) mass is 413 g/mol. The van der Waals surface area contributed by atoms with Crippen LogP contribution in [0.2, 0.25) is 0 Å². The van der Waals surface area contributed by atoms with Crippen molar-refractivity contribution in [2.75, 3.05) is 39.4 Å². The third-order valence-corrected chi connectivity index (χ3v) is 5.82. The Balaban J connectivity index is 1.23. The molecule has 2 fully saturated rings. The van der Waals surface area contributed by atoms with E-state index in [9.17, 15) is 9.18 Å². The summed E-state index contributed by atoms with van der Waals surface area (Å²) in [4.78, 5) is 21.2. The fourth-order valence-corrected chi connectivity index (χ4v) is 4.09. The number of morpholine rings is 1. The molecule has 4 rings (SSSR count). The van der Waals surface area contributed by atoms with Gasteiger partial charge in [0.2, 0.25) is 5.91 Å². The van der Waals surface area contributed by atoms with Crippen LogP contribution in [0.25, 0.3) is 0 Å². The summed E-state index contributed by atoms with van der Waals surface area (Å²) in [5.41, 5.74) is 1.12. The van der Waals surface area contributed by atoms with Gasteiger partial charge in [-0.1, -0.05) is 6.07 Å². The van der Waals surface area contributed by atoms with Crippen LogP contribution in [-0.2, 0) is 16.0 Å². The molecular formula is C23H28FN3O3. The highest BCUT2D eigenvalue weighted by atomic mass is 19.1. The SMILES string of the molecule is O=C1CO[C@H](COc2ccc(F)cc2)CN1C1CCN(CCc2ccccn2)CC1. The zero-order chi connectivity index (χ0) is 20.8. The molecule has 2 aliphatic heterocycles. The number of carbonyl (C=O) groups is 1. The van der Waals surface area contributed by atoms with Crippen molar-refractivity contribution in [3.8, 4) is 5.75 Å². The third-order valence-electron chi connectivity index (χ3n) is 5.82. The molecule has 7 heteroatoms. The van der Waals surface area contributed by atoms with E-state index < -0.39 is 0 Å². The molecule has 2 saturated heterocycles. The van der Waals surface area contributed by atoms with Gasteiger partial charge in [0.1, 0.15) is 30.9 Å². The number of pyridine rings is 1. The van der Waals surface area contributed by atoms with Gasteiger partial charge in [-0.25, -0.2) is 4.39 Å². The molecule has 3 heterocycles. The van der Waals surface area contributed by atoms with Crippen LogP contribution in [0.3, 0.4) is 0 Å². The van der Waals surface area contributed by atoms with Crippen molar-refractivity contribution in [1.82, 2.24) is 14.8 Å². The quantitative estimate of drug-likeness (QED) is 0.698. The number of benzene rings is 1. The minimum atomic E-state index is -0.292. The maximum atomic E-state index is 13.0. The molecule has 30 heavy (non-hydrogen) atoms. The highest BCUT2D eigenvalue weighted by Crippen LogP contribution is 2.21. The predicted octanol–water partition coefficient (Wildman–Crippen LogP) is 2.53. The van der Waals surface area contributed by atoms with E-state index in [1.165, 1.54) is 12.1 Å². The van der Waals surface area contributed by atoms with Crippen LogP contribution in [0.5, 0.6) is 5.75 Å². The second kappa shape index (κ2) is 10.00. The van der Waals surface area contributed by atoms with E-state index in [2.05, 4.69) is 16.0 Å². The van der Waals surface area contributed by atoms with Crippen LogP contribution >= 0.6 is 0 Å². The standard InChI is InChI=1S/C23H28FN3O3/c24-18-4-6-21(7-5-18)29-16-22-15-27(23(28)17-30-22)20-9-13-26(14-10-20)12-8-19-3-1-2-11-25-19/h1-7,11,20,22H,8-10,12-17H2/t22-/m0/s1. The first-order chi connectivity index (χ1) is 14.7. The molecule has 0 spiro atoms. The number of hydrogen-bond donors (Lipinski definition) is 0. The summed E-state index contributed by atoms with van der Waals surface area (Å²) in [6.07, 6.45) is 4.56. The summed E-state index contributed by atoms with van der Waals surface area (Å²) in [7, 11) is 0. The molecule has 0 saturated carbocycles. The number of likely N-dealkylation sites (tertiary alicyclic amines) is 1. The van der Waals surface area contributed by atoms with Gasteiger partial charge in [-0.15, -0.1) is 0 Å². The highest BCUT2D eigenvalue weighted by Gasteiger charge is 2.33. The lowest BCUT2D eigenvalue weighted by atomic mass is 10.0. The average molecular weight is 413 g/mol. The molecule has 2 aliphatic rings. The van der Waals surface area contributed by atoms with Crippen molar-refractivity contribution in [2.24, 2.45) is 0 Å². The number of nitrogens with zero attached hydrogens (tertiary/aromatic N) is 3. The first kappa shape index (κ1) is 20.8. The van der Waals surface area contributed by atoms with Crippen LogP contribution in [-0.4, -0.2) is 72.2 Å².